The number of methoxy groups -OCH3 is 2. The standard InChI is InChI=1S/C22H21N3O3/c1-27-18-11-16(12-19(13-18)28-2)22(26)24-17-7-8-21(23-14-17)25-10-9-15-5-3-4-6-20(15)25/h3-8,11-14H,9-10H2,1-2H3,(H,24,26). The number of carbonyl (C=O) groups excluding carboxylic acids is 1. The van der Waals surface area contributed by atoms with Gasteiger partial charge in [0.2, 0.25) is 0 Å². The molecule has 0 aliphatic carbocycles. The number of rotatable bonds is 5. The highest BCUT2D eigenvalue weighted by Crippen LogP contribution is 2.33. The largest absolute Gasteiger partial charge is 0.497 e. The van der Waals surface area contributed by atoms with Crippen LogP contribution in [0.15, 0.2) is 60.8 Å². The minimum absolute atomic E-state index is 0.252. The molecule has 6 nitrogen and oxygen atoms in total. The van der Waals surface area contributed by atoms with E-state index in [1.54, 1.807) is 38.6 Å². The van der Waals surface area contributed by atoms with Gasteiger partial charge in [-0.05, 0) is 42.3 Å². The molecule has 0 bridgehead atoms. The molecule has 0 atom stereocenters. The molecule has 1 N–H and O–H groups in total. The first-order chi connectivity index (χ1) is 13.7. The molecular formula is C22H21N3O3. The summed E-state index contributed by atoms with van der Waals surface area (Å²) < 4.78 is 10.4. The van der Waals surface area contributed by atoms with Crippen LogP contribution in [0.5, 0.6) is 11.5 Å². The van der Waals surface area contributed by atoms with E-state index in [9.17, 15) is 4.79 Å². The van der Waals surface area contributed by atoms with Crippen molar-refractivity contribution in [2.75, 3.05) is 31.0 Å². The maximum absolute atomic E-state index is 12.6. The quantitative estimate of drug-likeness (QED) is 0.729. The van der Waals surface area contributed by atoms with Crippen molar-refractivity contribution in [2.24, 2.45) is 0 Å². The zero-order valence-corrected chi connectivity index (χ0v) is 15.8. The normalized spacial score (nSPS) is 12.4. The Morgan fingerprint density at radius 3 is 2.46 bits per heavy atom. The summed E-state index contributed by atoms with van der Waals surface area (Å²) in [7, 11) is 3.10. The summed E-state index contributed by atoms with van der Waals surface area (Å²) >= 11 is 0. The molecule has 142 valence electrons. The highest BCUT2D eigenvalue weighted by Gasteiger charge is 2.20. The van der Waals surface area contributed by atoms with E-state index in [1.807, 2.05) is 18.2 Å². The Morgan fingerprint density at radius 2 is 1.79 bits per heavy atom. The van der Waals surface area contributed by atoms with E-state index in [0.717, 1.165) is 18.8 Å². The van der Waals surface area contributed by atoms with Gasteiger partial charge in [-0.25, -0.2) is 4.98 Å². The number of ether oxygens (including phenoxy) is 2. The third kappa shape index (κ3) is 3.49. The van der Waals surface area contributed by atoms with Crippen molar-refractivity contribution >= 4 is 23.1 Å². The van der Waals surface area contributed by atoms with E-state index in [0.29, 0.717) is 22.7 Å². The monoisotopic (exact) mass is 375 g/mol. The molecule has 1 aliphatic rings. The summed E-state index contributed by atoms with van der Waals surface area (Å²) in [4.78, 5) is 19.3. The van der Waals surface area contributed by atoms with E-state index in [1.165, 1.54) is 11.3 Å². The van der Waals surface area contributed by atoms with Crippen molar-refractivity contribution in [2.45, 2.75) is 6.42 Å². The van der Waals surface area contributed by atoms with Gasteiger partial charge >= 0.3 is 0 Å². The van der Waals surface area contributed by atoms with Gasteiger partial charge < -0.3 is 19.7 Å². The lowest BCUT2D eigenvalue weighted by molar-refractivity contribution is 0.102. The number of hydrogen-bond donors (Lipinski definition) is 1. The number of anilines is 3. The first kappa shape index (κ1) is 17.9. The van der Waals surface area contributed by atoms with Crippen molar-refractivity contribution in [3.8, 4) is 11.5 Å². The van der Waals surface area contributed by atoms with Gasteiger partial charge in [0.05, 0.1) is 26.1 Å². The first-order valence-electron chi connectivity index (χ1n) is 9.04. The number of nitrogens with zero attached hydrogens (tertiary/aromatic N) is 2. The van der Waals surface area contributed by atoms with E-state index < -0.39 is 0 Å². The molecule has 6 heteroatoms. The Morgan fingerprint density at radius 1 is 1.04 bits per heavy atom. The number of nitrogens with one attached hydrogen (secondary N) is 1. The summed E-state index contributed by atoms with van der Waals surface area (Å²) in [5.41, 5.74) is 3.60. The second-order valence-electron chi connectivity index (χ2n) is 6.49. The SMILES string of the molecule is COc1cc(OC)cc(C(=O)Nc2ccc(N3CCc4ccccc43)nc2)c1. The Kier molecular flexibility index (Phi) is 4.85. The molecule has 0 spiro atoms. The smallest absolute Gasteiger partial charge is 0.255 e. The molecule has 4 rings (SSSR count). The number of para-hydroxylation sites is 1. The molecule has 3 aromatic rings. The third-order valence-electron chi connectivity index (χ3n) is 4.78. The fourth-order valence-corrected chi connectivity index (χ4v) is 3.34. The minimum atomic E-state index is -0.252. The van der Waals surface area contributed by atoms with E-state index >= 15 is 0 Å². The van der Waals surface area contributed by atoms with Crippen LogP contribution in [0.1, 0.15) is 15.9 Å². The predicted octanol–water partition coefficient (Wildman–Crippen LogP) is 4.05. The van der Waals surface area contributed by atoms with Crippen molar-refractivity contribution in [1.82, 2.24) is 4.98 Å². The van der Waals surface area contributed by atoms with Gasteiger partial charge in [0.1, 0.15) is 17.3 Å². The van der Waals surface area contributed by atoms with Crippen molar-refractivity contribution in [3.63, 3.8) is 0 Å². The average molecular weight is 375 g/mol. The fraction of sp³-hybridized carbons (Fsp3) is 0.182. The number of benzene rings is 2. The molecule has 1 aromatic heterocycles. The Hall–Kier alpha value is -3.54. The van der Waals surface area contributed by atoms with Gasteiger partial charge in [0.25, 0.3) is 5.91 Å². The molecule has 28 heavy (non-hydrogen) atoms. The Balaban J connectivity index is 1.50. The topological polar surface area (TPSA) is 63.7 Å². The molecule has 1 aliphatic heterocycles. The summed E-state index contributed by atoms with van der Waals surface area (Å²) in [6.07, 6.45) is 2.68. The molecule has 2 heterocycles. The lowest BCUT2D eigenvalue weighted by Crippen LogP contribution is -2.16. The van der Waals surface area contributed by atoms with Gasteiger partial charge in [-0.2, -0.15) is 0 Å². The average Bonchev–Trinajstić information content (AvgIpc) is 3.18. The van der Waals surface area contributed by atoms with Gasteiger partial charge in [0.15, 0.2) is 0 Å². The predicted molar refractivity (Wildman–Crippen MR) is 109 cm³/mol. The van der Waals surface area contributed by atoms with Crippen LogP contribution in [0.4, 0.5) is 17.2 Å². The van der Waals surface area contributed by atoms with Gasteiger partial charge in [-0.15, -0.1) is 0 Å². The molecule has 0 radical (unpaired) electrons. The van der Waals surface area contributed by atoms with Crippen LogP contribution < -0.4 is 19.7 Å². The van der Waals surface area contributed by atoms with Crippen molar-refractivity contribution in [1.29, 1.82) is 0 Å². The molecule has 0 saturated carbocycles. The lowest BCUT2D eigenvalue weighted by atomic mass is 10.2. The van der Waals surface area contributed by atoms with E-state index in [4.69, 9.17) is 9.47 Å². The minimum Gasteiger partial charge on any atom is -0.497 e. The Labute approximate surface area is 163 Å². The van der Waals surface area contributed by atoms with Crippen LogP contribution in [-0.4, -0.2) is 31.7 Å². The number of amides is 1. The summed E-state index contributed by atoms with van der Waals surface area (Å²) in [6, 6.07) is 17.2. The lowest BCUT2D eigenvalue weighted by Gasteiger charge is -2.18. The number of carbonyl (C=O) groups is 1. The van der Waals surface area contributed by atoms with Gasteiger partial charge in [0, 0.05) is 23.9 Å². The fourth-order valence-electron chi connectivity index (χ4n) is 3.34. The zero-order valence-electron chi connectivity index (χ0n) is 15.8. The summed E-state index contributed by atoms with van der Waals surface area (Å²) in [5.74, 6) is 1.74. The molecule has 1 amide bonds. The highest BCUT2D eigenvalue weighted by molar-refractivity contribution is 6.04. The maximum atomic E-state index is 12.6. The van der Waals surface area contributed by atoms with Crippen LogP contribution in [0.3, 0.4) is 0 Å². The van der Waals surface area contributed by atoms with Crippen LogP contribution in [0.25, 0.3) is 0 Å². The zero-order chi connectivity index (χ0) is 19.5. The second kappa shape index (κ2) is 7.60. The number of pyridine rings is 1. The van der Waals surface area contributed by atoms with Gasteiger partial charge in [-0.1, -0.05) is 18.2 Å². The van der Waals surface area contributed by atoms with Crippen molar-refractivity contribution in [3.05, 3.63) is 71.9 Å². The molecule has 2 aromatic carbocycles. The van der Waals surface area contributed by atoms with Crippen LogP contribution >= 0.6 is 0 Å². The first-order valence-corrected chi connectivity index (χ1v) is 9.04. The molecule has 0 fully saturated rings. The maximum Gasteiger partial charge on any atom is 0.255 e. The Bertz CT molecular complexity index is 980. The summed E-state index contributed by atoms with van der Waals surface area (Å²) in [5, 5.41) is 2.87. The van der Waals surface area contributed by atoms with Gasteiger partial charge in [-0.3, -0.25) is 4.79 Å². The number of aromatic nitrogens is 1. The van der Waals surface area contributed by atoms with Crippen molar-refractivity contribution < 1.29 is 14.3 Å². The number of fused-ring (bicyclic) bond motifs is 1. The van der Waals surface area contributed by atoms with Crippen LogP contribution in [0, 0.1) is 0 Å². The third-order valence-corrected chi connectivity index (χ3v) is 4.78. The highest BCUT2D eigenvalue weighted by atomic mass is 16.5. The number of hydrogen-bond acceptors (Lipinski definition) is 5. The molecule has 0 unspecified atom stereocenters. The van der Waals surface area contributed by atoms with Crippen LogP contribution in [-0.2, 0) is 6.42 Å². The van der Waals surface area contributed by atoms with E-state index in [-0.39, 0.29) is 5.91 Å². The van der Waals surface area contributed by atoms with E-state index in [2.05, 4.69) is 33.4 Å². The molecular weight excluding hydrogens is 354 g/mol. The summed E-state index contributed by atoms with van der Waals surface area (Å²) in [6.45, 7) is 0.904. The van der Waals surface area contributed by atoms with Crippen LogP contribution in [0.2, 0.25) is 0 Å². The molecule has 0 saturated heterocycles. The second-order valence-corrected chi connectivity index (χ2v) is 6.49.